The Bertz CT molecular complexity index is 252. The summed E-state index contributed by atoms with van der Waals surface area (Å²) in [6.07, 6.45) is 0.697. The molecule has 1 N–H and O–H groups in total. The maximum absolute atomic E-state index is 11.9. The molecule has 0 atom stereocenters. The van der Waals surface area contributed by atoms with Crippen LogP contribution in [0.25, 0.3) is 0 Å². The Morgan fingerprint density at radius 1 is 1.16 bits per heavy atom. The van der Waals surface area contributed by atoms with Gasteiger partial charge >= 0.3 is 6.09 Å². The van der Waals surface area contributed by atoms with Gasteiger partial charge in [0.15, 0.2) is 0 Å². The van der Waals surface area contributed by atoms with Crippen molar-refractivity contribution in [2.24, 2.45) is 0 Å². The molecule has 0 unspecified atom stereocenters. The van der Waals surface area contributed by atoms with Crippen molar-refractivity contribution in [3.8, 4) is 0 Å². The Kier molecular flexibility index (Phi) is 8.76. The largest absolute Gasteiger partial charge is 0.444 e. The Hall–Kier alpha value is -0.810. The normalized spacial score (nSPS) is 17.3. The predicted molar refractivity (Wildman–Crippen MR) is 77.3 cm³/mol. The molecule has 1 amide bonds. The molecule has 0 spiro atoms. The van der Waals surface area contributed by atoms with Crippen LogP contribution in [0.2, 0.25) is 0 Å². The highest BCUT2D eigenvalue weighted by molar-refractivity contribution is 5.68. The van der Waals surface area contributed by atoms with Gasteiger partial charge in [0.25, 0.3) is 0 Å². The minimum Gasteiger partial charge on any atom is -0.444 e. The second kappa shape index (κ2) is 9.15. The second-order valence-corrected chi connectivity index (χ2v) is 5.39. The van der Waals surface area contributed by atoms with Crippen LogP contribution in [-0.4, -0.2) is 65.9 Å². The maximum atomic E-state index is 11.9. The Morgan fingerprint density at radius 2 is 1.79 bits per heavy atom. The quantitative estimate of drug-likeness (QED) is 0.836. The molecule has 1 rings (SSSR count). The molecule has 5 heteroatoms. The molecule has 1 saturated heterocycles. The number of carbonyl (C=O) groups is 1. The van der Waals surface area contributed by atoms with E-state index in [1.165, 1.54) is 0 Å². The van der Waals surface area contributed by atoms with Gasteiger partial charge in [0.1, 0.15) is 5.60 Å². The van der Waals surface area contributed by atoms with E-state index >= 15 is 0 Å². The molecule has 0 saturated carbocycles. The van der Waals surface area contributed by atoms with E-state index in [2.05, 4.69) is 4.90 Å². The minimum absolute atomic E-state index is 0.173. The van der Waals surface area contributed by atoms with Gasteiger partial charge < -0.3 is 14.7 Å². The third-order valence-electron chi connectivity index (χ3n) is 2.66. The van der Waals surface area contributed by atoms with Crippen molar-refractivity contribution < 1.29 is 14.6 Å². The molecule has 1 fully saturated rings. The molecule has 0 aromatic carbocycles. The fourth-order valence-corrected chi connectivity index (χ4v) is 1.84. The van der Waals surface area contributed by atoms with E-state index in [1.54, 1.807) is 4.90 Å². The van der Waals surface area contributed by atoms with E-state index in [-0.39, 0.29) is 12.7 Å². The molecule has 19 heavy (non-hydrogen) atoms. The molecule has 5 nitrogen and oxygen atoms in total. The number of carbonyl (C=O) groups excluding carboxylic acids is 1. The molecule has 0 bridgehead atoms. The highest BCUT2D eigenvalue weighted by Crippen LogP contribution is 2.11. The van der Waals surface area contributed by atoms with Gasteiger partial charge in [-0.25, -0.2) is 4.79 Å². The van der Waals surface area contributed by atoms with Crippen LogP contribution in [0.4, 0.5) is 4.79 Å². The Labute approximate surface area is 117 Å². The minimum atomic E-state index is -0.436. The van der Waals surface area contributed by atoms with Crippen LogP contribution < -0.4 is 0 Å². The van der Waals surface area contributed by atoms with Crippen LogP contribution in [0.3, 0.4) is 0 Å². The van der Waals surface area contributed by atoms with Crippen LogP contribution in [0.15, 0.2) is 0 Å². The lowest BCUT2D eigenvalue weighted by Gasteiger charge is -2.26. The Morgan fingerprint density at radius 3 is 2.32 bits per heavy atom. The monoisotopic (exact) mass is 274 g/mol. The van der Waals surface area contributed by atoms with Crippen LogP contribution in [0.1, 0.15) is 41.0 Å². The smallest absolute Gasteiger partial charge is 0.410 e. The van der Waals surface area contributed by atoms with Gasteiger partial charge in [-0.15, -0.1) is 0 Å². The number of β-amino-alcohol motifs (C(OH)–C–C–N with tert-alkyl or cyclic N) is 1. The lowest BCUT2D eigenvalue weighted by Crippen LogP contribution is -2.39. The number of aliphatic hydroxyl groups excluding tert-OH is 1. The summed E-state index contributed by atoms with van der Waals surface area (Å²) in [5, 5.41) is 8.89. The van der Waals surface area contributed by atoms with Gasteiger partial charge in [-0.3, -0.25) is 4.90 Å². The van der Waals surface area contributed by atoms with E-state index in [4.69, 9.17) is 9.84 Å². The summed E-state index contributed by atoms with van der Waals surface area (Å²) < 4.78 is 5.35. The van der Waals surface area contributed by atoms with Crippen LogP contribution >= 0.6 is 0 Å². The van der Waals surface area contributed by atoms with Gasteiger partial charge in [0, 0.05) is 26.2 Å². The number of hydrogen-bond acceptors (Lipinski definition) is 4. The molecule has 0 aromatic rings. The standard InChI is InChI=1S/C12H24N2O3.C2H6/c1-12(2,3)17-11(16)14-6-4-5-13(7-8-14)9-10-15;1-2/h15H,4-10H2,1-3H3;1-2H3. The van der Waals surface area contributed by atoms with Crippen LogP contribution in [0, 0.1) is 0 Å². The number of amides is 1. The van der Waals surface area contributed by atoms with E-state index in [1.807, 2.05) is 34.6 Å². The van der Waals surface area contributed by atoms with Crippen molar-refractivity contribution in [3.05, 3.63) is 0 Å². The maximum Gasteiger partial charge on any atom is 0.410 e. The lowest BCUT2D eigenvalue weighted by atomic mass is 10.2. The van der Waals surface area contributed by atoms with E-state index < -0.39 is 5.60 Å². The summed E-state index contributed by atoms with van der Waals surface area (Å²) in [4.78, 5) is 15.8. The van der Waals surface area contributed by atoms with Gasteiger partial charge in [-0.2, -0.15) is 0 Å². The summed E-state index contributed by atoms with van der Waals surface area (Å²) in [5.74, 6) is 0. The zero-order valence-electron chi connectivity index (χ0n) is 13.1. The molecular formula is C14H30N2O3. The fourth-order valence-electron chi connectivity index (χ4n) is 1.84. The molecule has 1 aliphatic rings. The average Bonchev–Trinajstić information content (AvgIpc) is 2.56. The number of nitrogens with zero attached hydrogens (tertiary/aromatic N) is 2. The molecular weight excluding hydrogens is 244 g/mol. The Balaban J connectivity index is 0.00000154. The predicted octanol–water partition coefficient (Wildman–Crippen LogP) is 1.95. The lowest BCUT2D eigenvalue weighted by molar-refractivity contribution is 0.0257. The molecule has 0 aliphatic carbocycles. The third kappa shape index (κ3) is 8.06. The number of hydrogen-bond donors (Lipinski definition) is 1. The first-order valence-corrected chi connectivity index (χ1v) is 7.23. The highest BCUT2D eigenvalue weighted by atomic mass is 16.6. The first-order valence-electron chi connectivity index (χ1n) is 7.23. The van der Waals surface area contributed by atoms with Crippen molar-refractivity contribution in [2.75, 3.05) is 39.3 Å². The van der Waals surface area contributed by atoms with Crippen LogP contribution in [-0.2, 0) is 4.74 Å². The number of ether oxygens (including phenoxy) is 1. The van der Waals surface area contributed by atoms with E-state index in [0.29, 0.717) is 13.1 Å². The first kappa shape index (κ1) is 18.2. The van der Waals surface area contributed by atoms with Gasteiger partial charge in [0.2, 0.25) is 0 Å². The molecule has 1 aliphatic heterocycles. The van der Waals surface area contributed by atoms with Crippen molar-refractivity contribution in [1.29, 1.82) is 0 Å². The van der Waals surface area contributed by atoms with Crippen LogP contribution in [0.5, 0.6) is 0 Å². The molecule has 1 heterocycles. The second-order valence-electron chi connectivity index (χ2n) is 5.39. The summed E-state index contributed by atoms with van der Waals surface area (Å²) in [7, 11) is 0. The number of rotatable bonds is 2. The van der Waals surface area contributed by atoms with Crippen molar-refractivity contribution in [1.82, 2.24) is 9.80 Å². The van der Waals surface area contributed by atoms with Crippen molar-refractivity contribution in [3.63, 3.8) is 0 Å². The summed E-state index contributed by atoms with van der Waals surface area (Å²) in [6, 6.07) is 0. The van der Waals surface area contributed by atoms with Crippen molar-refractivity contribution >= 4 is 6.09 Å². The topological polar surface area (TPSA) is 53.0 Å². The van der Waals surface area contributed by atoms with E-state index in [9.17, 15) is 4.79 Å². The van der Waals surface area contributed by atoms with Gasteiger partial charge in [0.05, 0.1) is 6.61 Å². The molecule has 0 radical (unpaired) electrons. The zero-order valence-corrected chi connectivity index (χ0v) is 13.1. The summed E-state index contributed by atoms with van der Waals surface area (Å²) in [6.45, 7) is 13.6. The van der Waals surface area contributed by atoms with E-state index in [0.717, 1.165) is 26.1 Å². The first-order chi connectivity index (χ1) is 8.92. The molecule has 114 valence electrons. The SMILES string of the molecule is CC.CC(C)(C)OC(=O)N1CCCN(CCO)CC1. The average molecular weight is 274 g/mol. The fraction of sp³-hybridized carbons (Fsp3) is 0.929. The summed E-state index contributed by atoms with van der Waals surface area (Å²) >= 11 is 0. The summed E-state index contributed by atoms with van der Waals surface area (Å²) in [5.41, 5.74) is -0.436. The van der Waals surface area contributed by atoms with Gasteiger partial charge in [-0.05, 0) is 33.7 Å². The zero-order chi connectivity index (χ0) is 14.9. The third-order valence-corrected chi connectivity index (χ3v) is 2.66. The number of aliphatic hydroxyl groups is 1. The van der Waals surface area contributed by atoms with Crippen molar-refractivity contribution in [2.45, 2.75) is 46.6 Å². The molecule has 0 aromatic heterocycles. The van der Waals surface area contributed by atoms with Gasteiger partial charge in [-0.1, -0.05) is 13.8 Å². The highest BCUT2D eigenvalue weighted by Gasteiger charge is 2.24.